The van der Waals surface area contributed by atoms with Crippen LogP contribution in [0.2, 0.25) is 0 Å². The number of ether oxygens (including phenoxy) is 2. The summed E-state index contributed by atoms with van der Waals surface area (Å²) < 4.78 is 11.5. The molecular formula is C25H40N4O2. The number of aliphatic imine (C=N–C) groups is 1. The SMILES string of the molecule is C=C(C)CN1CCC(NC(=NCc2cccc(COC3CCOCC3)c2)NCC)CC1. The van der Waals surface area contributed by atoms with Crippen molar-refractivity contribution in [3.63, 3.8) is 0 Å². The molecule has 6 nitrogen and oxygen atoms in total. The van der Waals surface area contributed by atoms with Gasteiger partial charge in [-0.15, -0.1) is 0 Å². The smallest absolute Gasteiger partial charge is 0.191 e. The molecule has 3 rings (SSSR count). The van der Waals surface area contributed by atoms with Gasteiger partial charge in [-0.05, 0) is 50.7 Å². The molecule has 0 radical (unpaired) electrons. The predicted octanol–water partition coefficient (Wildman–Crippen LogP) is 3.48. The second-order valence-electron chi connectivity index (χ2n) is 8.79. The van der Waals surface area contributed by atoms with E-state index in [9.17, 15) is 0 Å². The van der Waals surface area contributed by atoms with Crippen LogP contribution >= 0.6 is 0 Å². The number of likely N-dealkylation sites (tertiary alicyclic amines) is 1. The van der Waals surface area contributed by atoms with Crippen LogP contribution in [-0.2, 0) is 22.6 Å². The first-order valence-corrected chi connectivity index (χ1v) is 11.8. The summed E-state index contributed by atoms with van der Waals surface area (Å²) in [6, 6.07) is 9.06. The van der Waals surface area contributed by atoms with Gasteiger partial charge in [0.05, 0.1) is 19.3 Å². The molecule has 2 aliphatic heterocycles. The fourth-order valence-corrected chi connectivity index (χ4v) is 4.18. The monoisotopic (exact) mass is 428 g/mol. The number of rotatable bonds is 9. The van der Waals surface area contributed by atoms with Crippen LogP contribution in [0.5, 0.6) is 0 Å². The minimum absolute atomic E-state index is 0.321. The minimum Gasteiger partial charge on any atom is -0.381 e. The van der Waals surface area contributed by atoms with E-state index in [1.54, 1.807) is 0 Å². The van der Waals surface area contributed by atoms with E-state index in [2.05, 4.69) is 60.2 Å². The molecule has 172 valence electrons. The summed E-state index contributed by atoms with van der Waals surface area (Å²) in [6.07, 6.45) is 4.58. The summed E-state index contributed by atoms with van der Waals surface area (Å²) >= 11 is 0. The molecule has 0 atom stereocenters. The standard InChI is InChI=1S/C25H40N4O2/c1-4-26-25(28-23-8-12-29(13-9-23)18-20(2)3)27-17-21-6-5-7-22(16-21)19-31-24-10-14-30-15-11-24/h5-7,16,23-24H,2,4,8-15,17-19H2,1,3H3,(H2,26,27,28). The highest BCUT2D eigenvalue weighted by molar-refractivity contribution is 5.80. The summed E-state index contributed by atoms with van der Waals surface area (Å²) in [7, 11) is 0. The maximum Gasteiger partial charge on any atom is 0.191 e. The van der Waals surface area contributed by atoms with Gasteiger partial charge < -0.3 is 20.1 Å². The predicted molar refractivity (Wildman–Crippen MR) is 127 cm³/mol. The lowest BCUT2D eigenvalue weighted by atomic mass is 10.0. The topological polar surface area (TPSA) is 58.1 Å². The zero-order valence-corrected chi connectivity index (χ0v) is 19.4. The highest BCUT2D eigenvalue weighted by Gasteiger charge is 2.19. The van der Waals surface area contributed by atoms with Crippen LogP contribution in [0.25, 0.3) is 0 Å². The third-order valence-electron chi connectivity index (χ3n) is 5.83. The Balaban J connectivity index is 1.48. The molecule has 0 amide bonds. The van der Waals surface area contributed by atoms with E-state index >= 15 is 0 Å². The molecule has 1 aromatic rings. The maximum atomic E-state index is 6.07. The van der Waals surface area contributed by atoms with Crippen molar-refractivity contribution in [2.75, 3.05) is 39.4 Å². The number of benzene rings is 1. The van der Waals surface area contributed by atoms with Gasteiger partial charge in [0.1, 0.15) is 0 Å². The number of nitrogens with zero attached hydrogens (tertiary/aromatic N) is 2. The second kappa shape index (κ2) is 12.8. The zero-order chi connectivity index (χ0) is 21.9. The molecule has 1 aromatic carbocycles. The van der Waals surface area contributed by atoms with Crippen molar-refractivity contribution >= 4 is 5.96 Å². The van der Waals surface area contributed by atoms with Crippen molar-refractivity contribution in [1.82, 2.24) is 15.5 Å². The molecule has 0 bridgehead atoms. The lowest BCUT2D eigenvalue weighted by Crippen LogP contribution is -2.48. The Morgan fingerprint density at radius 1 is 1.19 bits per heavy atom. The van der Waals surface area contributed by atoms with E-state index in [0.29, 0.717) is 25.3 Å². The summed E-state index contributed by atoms with van der Waals surface area (Å²) in [6.45, 7) is 15.3. The fourth-order valence-electron chi connectivity index (χ4n) is 4.18. The Morgan fingerprint density at radius 2 is 1.94 bits per heavy atom. The van der Waals surface area contributed by atoms with Gasteiger partial charge in [-0.3, -0.25) is 4.90 Å². The quantitative estimate of drug-likeness (QED) is 0.358. The molecule has 0 spiro atoms. The van der Waals surface area contributed by atoms with Gasteiger partial charge >= 0.3 is 0 Å². The van der Waals surface area contributed by atoms with Gasteiger partial charge in [0.2, 0.25) is 0 Å². The number of hydrogen-bond acceptors (Lipinski definition) is 4. The van der Waals surface area contributed by atoms with Gasteiger partial charge in [0.25, 0.3) is 0 Å². The summed E-state index contributed by atoms with van der Waals surface area (Å²) in [5, 5.41) is 7.04. The molecule has 2 saturated heterocycles. The van der Waals surface area contributed by atoms with Crippen LogP contribution in [0, 0.1) is 0 Å². The summed E-state index contributed by atoms with van der Waals surface area (Å²) in [4.78, 5) is 7.33. The summed E-state index contributed by atoms with van der Waals surface area (Å²) in [5.41, 5.74) is 3.66. The first-order chi connectivity index (χ1) is 15.1. The van der Waals surface area contributed by atoms with Crippen molar-refractivity contribution in [1.29, 1.82) is 0 Å². The number of piperidine rings is 1. The largest absolute Gasteiger partial charge is 0.381 e. The van der Waals surface area contributed by atoms with E-state index in [1.165, 1.54) is 16.7 Å². The minimum atomic E-state index is 0.321. The van der Waals surface area contributed by atoms with Crippen LogP contribution in [-0.4, -0.2) is 62.4 Å². The highest BCUT2D eigenvalue weighted by Crippen LogP contribution is 2.15. The normalized spacial score (nSPS) is 19.4. The average molecular weight is 429 g/mol. The Bertz CT molecular complexity index is 707. The lowest BCUT2D eigenvalue weighted by molar-refractivity contribution is -0.0390. The molecule has 2 aliphatic rings. The molecule has 0 aromatic heterocycles. The number of nitrogens with one attached hydrogen (secondary N) is 2. The lowest BCUT2D eigenvalue weighted by Gasteiger charge is -2.33. The number of hydrogen-bond donors (Lipinski definition) is 2. The maximum absolute atomic E-state index is 6.07. The van der Waals surface area contributed by atoms with Gasteiger partial charge in [0, 0.05) is 45.4 Å². The third-order valence-corrected chi connectivity index (χ3v) is 5.83. The Morgan fingerprint density at radius 3 is 2.65 bits per heavy atom. The molecule has 0 aliphatic carbocycles. The fraction of sp³-hybridized carbons (Fsp3) is 0.640. The van der Waals surface area contributed by atoms with Crippen LogP contribution in [0.15, 0.2) is 41.4 Å². The van der Waals surface area contributed by atoms with E-state index in [1.807, 2.05) is 0 Å². The van der Waals surface area contributed by atoms with Gasteiger partial charge in [-0.1, -0.05) is 36.4 Å². The third kappa shape index (κ3) is 8.63. The van der Waals surface area contributed by atoms with Crippen LogP contribution < -0.4 is 10.6 Å². The highest BCUT2D eigenvalue weighted by atomic mass is 16.5. The first kappa shape index (κ1) is 23.8. The van der Waals surface area contributed by atoms with Crippen LogP contribution in [0.3, 0.4) is 0 Å². The van der Waals surface area contributed by atoms with Crippen LogP contribution in [0.4, 0.5) is 0 Å². The first-order valence-electron chi connectivity index (χ1n) is 11.8. The van der Waals surface area contributed by atoms with Crippen molar-refractivity contribution in [2.45, 2.75) is 64.8 Å². The van der Waals surface area contributed by atoms with E-state index in [4.69, 9.17) is 14.5 Å². The van der Waals surface area contributed by atoms with Crippen molar-refractivity contribution < 1.29 is 9.47 Å². The summed E-state index contributed by atoms with van der Waals surface area (Å²) in [5.74, 6) is 0.907. The van der Waals surface area contributed by atoms with Crippen molar-refractivity contribution in [3.05, 3.63) is 47.5 Å². The molecule has 6 heteroatoms. The van der Waals surface area contributed by atoms with Crippen molar-refractivity contribution in [2.24, 2.45) is 4.99 Å². The van der Waals surface area contributed by atoms with Gasteiger partial charge in [0.15, 0.2) is 5.96 Å². The average Bonchev–Trinajstić information content (AvgIpc) is 2.78. The second-order valence-corrected chi connectivity index (χ2v) is 8.79. The molecule has 2 heterocycles. The molecule has 2 N–H and O–H groups in total. The van der Waals surface area contributed by atoms with E-state index < -0.39 is 0 Å². The Hall–Kier alpha value is -1.89. The molecule has 31 heavy (non-hydrogen) atoms. The molecule has 0 saturated carbocycles. The van der Waals surface area contributed by atoms with E-state index in [0.717, 1.165) is 71.0 Å². The Kier molecular flexibility index (Phi) is 9.85. The van der Waals surface area contributed by atoms with Gasteiger partial charge in [-0.25, -0.2) is 4.99 Å². The van der Waals surface area contributed by atoms with E-state index in [-0.39, 0.29) is 0 Å². The Labute approximate surface area is 188 Å². The van der Waals surface area contributed by atoms with Crippen molar-refractivity contribution in [3.8, 4) is 0 Å². The zero-order valence-electron chi connectivity index (χ0n) is 19.4. The van der Waals surface area contributed by atoms with Gasteiger partial charge in [-0.2, -0.15) is 0 Å². The molecule has 2 fully saturated rings. The van der Waals surface area contributed by atoms with Crippen LogP contribution in [0.1, 0.15) is 50.7 Å². The number of guanidine groups is 1. The molecular weight excluding hydrogens is 388 g/mol. The molecule has 0 unspecified atom stereocenters.